The number of carboxylic acid groups (broad SMARTS) is 1. The van der Waals surface area contributed by atoms with Crippen molar-refractivity contribution in [2.45, 2.75) is 18.0 Å². The third kappa shape index (κ3) is 6.52. The fourth-order valence-electron chi connectivity index (χ4n) is 2.86. The van der Waals surface area contributed by atoms with Crippen molar-refractivity contribution >= 4 is 49.9 Å². The number of anilines is 2. The Morgan fingerprint density at radius 3 is 2.80 bits per heavy atom. The Morgan fingerprint density at radius 1 is 1.34 bits per heavy atom. The quantitative estimate of drug-likeness (QED) is 0.132. The van der Waals surface area contributed by atoms with E-state index in [0.717, 1.165) is 17.4 Å². The zero-order chi connectivity index (χ0) is 25.6. The van der Waals surface area contributed by atoms with E-state index in [1.165, 1.54) is 17.6 Å². The lowest BCUT2D eigenvalue weighted by atomic mass is 10.2. The Hall–Kier alpha value is -4.49. The first-order valence-electron chi connectivity index (χ1n) is 9.73. The summed E-state index contributed by atoms with van der Waals surface area (Å²) in [7, 11) is -4.21. The maximum absolute atomic E-state index is 12.7. The van der Waals surface area contributed by atoms with E-state index in [0.29, 0.717) is 13.1 Å². The Balaban J connectivity index is 1.69. The molecule has 182 valence electrons. The third-order valence-electron chi connectivity index (χ3n) is 4.42. The lowest BCUT2D eigenvalue weighted by Gasteiger charge is -2.10. The number of sulfonamides is 1. The number of carbonyl (C=O) groups is 2. The molecule has 7 N–H and O–H groups in total. The molecular formula is C19H20N9O5S2+. The molecule has 3 rings (SSSR count). The second-order valence-corrected chi connectivity index (χ2v) is 9.48. The summed E-state index contributed by atoms with van der Waals surface area (Å²) in [6.45, 7) is 0.815. The van der Waals surface area contributed by atoms with Gasteiger partial charge in [-0.2, -0.15) is 5.26 Å². The number of amides is 1. The highest BCUT2D eigenvalue weighted by Gasteiger charge is 2.22. The molecule has 0 aliphatic carbocycles. The molecular weight excluding hydrogens is 498 g/mol. The Bertz CT molecular complexity index is 1430. The van der Waals surface area contributed by atoms with Gasteiger partial charge < -0.3 is 21.9 Å². The van der Waals surface area contributed by atoms with E-state index in [-0.39, 0.29) is 33.7 Å². The van der Waals surface area contributed by atoms with Crippen molar-refractivity contribution in [3.05, 3.63) is 53.7 Å². The van der Waals surface area contributed by atoms with Crippen LogP contribution in [-0.2, 0) is 27.9 Å². The fourth-order valence-corrected chi connectivity index (χ4v) is 4.87. The van der Waals surface area contributed by atoms with Crippen LogP contribution in [0.4, 0.5) is 10.7 Å². The lowest BCUT2D eigenvalue weighted by molar-refractivity contribution is -0.683. The SMILES string of the molecule is N#Cc1cc(S(=O)(=O)Nc2scnc2C(=O)O)ccc1NC(=O)C[n+]1ccn(CCN=C(N)N)c1. The van der Waals surface area contributed by atoms with Gasteiger partial charge in [0.1, 0.15) is 30.0 Å². The first-order chi connectivity index (χ1) is 16.6. The number of guanidine groups is 1. The number of carboxylic acids is 1. The summed E-state index contributed by atoms with van der Waals surface area (Å²) in [5, 5.41) is 21.0. The topological polar surface area (TPSA) is 222 Å². The summed E-state index contributed by atoms with van der Waals surface area (Å²) >= 11 is 0.803. The zero-order valence-electron chi connectivity index (χ0n) is 18.0. The number of rotatable bonds is 10. The molecule has 0 aliphatic rings. The Morgan fingerprint density at radius 2 is 2.11 bits per heavy atom. The summed E-state index contributed by atoms with van der Waals surface area (Å²) in [4.78, 5) is 30.8. The molecule has 0 aliphatic heterocycles. The number of carbonyl (C=O) groups excluding carboxylic acids is 1. The van der Waals surface area contributed by atoms with E-state index in [2.05, 4.69) is 20.0 Å². The van der Waals surface area contributed by atoms with Gasteiger partial charge in [-0.1, -0.05) is 0 Å². The maximum atomic E-state index is 12.7. The molecule has 0 spiro atoms. The van der Waals surface area contributed by atoms with Crippen LogP contribution >= 0.6 is 11.3 Å². The van der Waals surface area contributed by atoms with Gasteiger partial charge in [0.15, 0.2) is 18.2 Å². The van der Waals surface area contributed by atoms with Crippen LogP contribution in [0.25, 0.3) is 0 Å². The van der Waals surface area contributed by atoms with Gasteiger partial charge in [0.05, 0.1) is 28.2 Å². The predicted octanol–water partition coefficient (Wildman–Crippen LogP) is -0.485. The number of nitriles is 1. The molecule has 14 nitrogen and oxygen atoms in total. The number of aromatic carboxylic acids is 1. The number of nitrogens with two attached hydrogens (primary N) is 2. The third-order valence-corrected chi connectivity index (χ3v) is 6.64. The molecule has 35 heavy (non-hydrogen) atoms. The van der Waals surface area contributed by atoms with Crippen molar-refractivity contribution < 1.29 is 27.7 Å². The molecule has 3 aromatic rings. The van der Waals surface area contributed by atoms with Crippen molar-refractivity contribution in [3.8, 4) is 6.07 Å². The highest BCUT2D eigenvalue weighted by molar-refractivity contribution is 7.93. The summed E-state index contributed by atoms with van der Waals surface area (Å²) in [5.41, 5.74) is 11.3. The smallest absolute Gasteiger partial charge is 0.357 e. The molecule has 2 aromatic heterocycles. The minimum absolute atomic E-state index is 0.0131. The van der Waals surface area contributed by atoms with E-state index in [9.17, 15) is 23.3 Å². The number of nitrogens with zero attached hydrogens (tertiary/aromatic N) is 5. The average Bonchev–Trinajstić information content (AvgIpc) is 3.42. The molecule has 0 saturated carbocycles. The summed E-state index contributed by atoms with van der Waals surface area (Å²) in [6.07, 6.45) is 5.09. The standard InChI is InChI=1S/C19H19N9O5S2/c20-8-12-7-13(35(32,33)26-17-16(18(30)31)24-10-34-17)1-2-14(12)25-15(29)9-28-6-5-27(11-28)4-3-23-19(21)22/h1-2,5-7,10-11,26H,3-4,9H2,(H5-,21,22,23,25,29,30,31)/p+1. The first-order valence-corrected chi connectivity index (χ1v) is 12.1. The first kappa shape index (κ1) is 25.1. The van der Waals surface area contributed by atoms with Gasteiger partial charge in [-0.3, -0.25) is 9.52 Å². The van der Waals surface area contributed by atoms with Gasteiger partial charge in [-0.25, -0.2) is 32.3 Å². The molecule has 0 bridgehead atoms. The van der Waals surface area contributed by atoms with Crippen molar-refractivity contribution in [2.75, 3.05) is 16.6 Å². The number of thiazole rings is 1. The van der Waals surface area contributed by atoms with Crippen LogP contribution in [0.2, 0.25) is 0 Å². The van der Waals surface area contributed by atoms with Gasteiger partial charge >= 0.3 is 5.97 Å². The molecule has 16 heteroatoms. The van der Waals surface area contributed by atoms with Gasteiger partial charge in [0.2, 0.25) is 6.33 Å². The number of hydrogen-bond donors (Lipinski definition) is 5. The van der Waals surface area contributed by atoms with E-state index in [4.69, 9.17) is 16.6 Å². The molecule has 0 atom stereocenters. The van der Waals surface area contributed by atoms with E-state index < -0.39 is 27.6 Å². The molecule has 0 saturated heterocycles. The number of aromatic nitrogens is 3. The number of hydrogen-bond acceptors (Lipinski definition) is 8. The van der Waals surface area contributed by atoms with Gasteiger partial charge in [0.25, 0.3) is 15.9 Å². The van der Waals surface area contributed by atoms with Crippen LogP contribution in [0.3, 0.4) is 0 Å². The van der Waals surface area contributed by atoms with E-state index in [1.54, 1.807) is 27.9 Å². The second kappa shape index (κ2) is 10.6. The number of benzene rings is 1. The maximum Gasteiger partial charge on any atom is 0.357 e. The monoisotopic (exact) mass is 518 g/mol. The summed E-state index contributed by atoms with van der Waals surface area (Å²) < 4.78 is 30.9. The van der Waals surface area contributed by atoms with Crippen molar-refractivity contribution in [1.82, 2.24) is 9.55 Å². The molecule has 0 unspecified atom stereocenters. The van der Waals surface area contributed by atoms with Crippen molar-refractivity contribution in [3.63, 3.8) is 0 Å². The minimum Gasteiger partial charge on any atom is -0.476 e. The van der Waals surface area contributed by atoms with Crippen LogP contribution in [0.5, 0.6) is 0 Å². The van der Waals surface area contributed by atoms with Crippen LogP contribution in [0.1, 0.15) is 16.1 Å². The molecule has 0 radical (unpaired) electrons. The summed E-state index contributed by atoms with van der Waals surface area (Å²) in [5.74, 6) is -1.85. The number of aliphatic imine (C=N–C) groups is 1. The highest BCUT2D eigenvalue weighted by atomic mass is 32.2. The molecule has 0 fully saturated rings. The fraction of sp³-hybridized carbons (Fsp3) is 0.158. The summed E-state index contributed by atoms with van der Waals surface area (Å²) in [6, 6.07) is 5.39. The number of nitrogens with one attached hydrogen (secondary N) is 2. The average molecular weight is 519 g/mol. The number of imidazole rings is 1. The second-order valence-electron chi connectivity index (χ2n) is 6.94. The molecule has 1 aromatic carbocycles. The van der Waals surface area contributed by atoms with Crippen LogP contribution in [-0.4, -0.2) is 47.5 Å². The minimum atomic E-state index is -4.21. The van der Waals surface area contributed by atoms with Gasteiger partial charge in [-0.05, 0) is 18.2 Å². The van der Waals surface area contributed by atoms with Crippen molar-refractivity contribution in [2.24, 2.45) is 16.5 Å². The lowest BCUT2D eigenvalue weighted by Crippen LogP contribution is -2.38. The van der Waals surface area contributed by atoms with E-state index >= 15 is 0 Å². The Kier molecular flexibility index (Phi) is 7.63. The van der Waals surface area contributed by atoms with Crippen LogP contribution in [0.15, 0.2) is 52.3 Å². The normalized spacial score (nSPS) is 10.8. The van der Waals surface area contributed by atoms with Crippen molar-refractivity contribution in [1.29, 1.82) is 5.26 Å². The Labute approximate surface area is 203 Å². The zero-order valence-corrected chi connectivity index (χ0v) is 19.6. The highest BCUT2D eigenvalue weighted by Crippen LogP contribution is 2.26. The molecule has 2 heterocycles. The van der Waals surface area contributed by atoms with Crippen LogP contribution in [0, 0.1) is 11.3 Å². The van der Waals surface area contributed by atoms with Crippen LogP contribution < -0.4 is 26.1 Å². The predicted molar refractivity (Wildman–Crippen MR) is 125 cm³/mol. The van der Waals surface area contributed by atoms with E-state index in [1.807, 2.05) is 6.07 Å². The van der Waals surface area contributed by atoms with Gasteiger partial charge in [-0.15, -0.1) is 11.3 Å². The van der Waals surface area contributed by atoms with Gasteiger partial charge in [0, 0.05) is 0 Å². The largest absolute Gasteiger partial charge is 0.476 e. The molecule has 1 amide bonds.